The fourth-order valence-corrected chi connectivity index (χ4v) is 2.46. The maximum atomic E-state index is 12.4. The first-order chi connectivity index (χ1) is 12.6. The van der Waals surface area contributed by atoms with Crippen molar-refractivity contribution in [3.8, 4) is 11.5 Å². The van der Waals surface area contributed by atoms with Crippen LogP contribution < -0.4 is 14.8 Å². The summed E-state index contributed by atoms with van der Waals surface area (Å²) in [5.41, 5.74) is 2.01. The summed E-state index contributed by atoms with van der Waals surface area (Å²) in [4.78, 5) is 12.4. The van der Waals surface area contributed by atoms with Gasteiger partial charge in [0.05, 0.1) is 6.61 Å². The molecular formula is C23H31NO3. The van der Waals surface area contributed by atoms with Crippen molar-refractivity contribution >= 4 is 11.6 Å². The van der Waals surface area contributed by atoms with Gasteiger partial charge in [-0.2, -0.15) is 0 Å². The van der Waals surface area contributed by atoms with Crippen LogP contribution in [-0.2, 0) is 10.2 Å². The number of benzene rings is 2. The minimum absolute atomic E-state index is 0.0875. The van der Waals surface area contributed by atoms with Gasteiger partial charge in [-0.1, -0.05) is 52.8 Å². The molecule has 1 N–H and O–H groups in total. The van der Waals surface area contributed by atoms with Crippen molar-refractivity contribution < 1.29 is 14.3 Å². The predicted octanol–water partition coefficient (Wildman–Crippen LogP) is 5.42. The molecule has 2 aromatic carbocycles. The lowest BCUT2D eigenvalue weighted by molar-refractivity contribution is -0.122. The molecule has 2 aromatic rings. The van der Waals surface area contributed by atoms with Crippen molar-refractivity contribution in [2.75, 3.05) is 11.9 Å². The molecular weight excluding hydrogens is 338 g/mol. The summed E-state index contributed by atoms with van der Waals surface area (Å²) in [6.45, 7) is 13.1. The Hall–Kier alpha value is -2.49. The monoisotopic (exact) mass is 369 g/mol. The average Bonchev–Trinajstić information content (AvgIpc) is 2.60. The van der Waals surface area contributed by atoms with Crippen LogP contribution in [0.5, 0.6) is 11.5 Å². The number of ether oxygens (including phenoxy) is 2. The SMILES string of the molecule is CC(C)COc1cccc(NC(=O)C(C)Oc2ccc(C(C)(C)C)cc2)c1. The van der Waals surface area contributed by atoms with Crippen LogP contribution in [-0.4, -0.2) is 18.6 Å². The molecule has 1 unspecified atom stereocenters. The van der Waals surface area contributed by atoms with Crippen LogP contribution >= 0.6 is 0 Å². The number of rotatable bonds is 7. The Bertz CT molecular complexity index is 745. The Morgan fingerprint density at radius 2 is 1.67 bits per heavy atom. The zero-order valence-electron chi connectivity index (χ0n) is 17.2. The first-order valence-corrected chi connectivity index (χ1v) is 9.46. The summed E-state index contributed by atoms with van der Waals surface area (Å²) in [6.07, 6.45) is -0.606. The van der Waals surface area contributed by atoms with Gasteiger partial charge in [-0.25, -0.2) is 0 Å². The second kappa shape index (κ2) is 8.94. The molecule has 146 valence electrons. The van der Waals surface area contributed by atoms with E-state index in [0.29, 0.717) is 24.0 Å². The third-order valence-corrected chi connectivity index (χ3v) is 4.09. The fourth-order valence-electron chi connectivity index (χ4n) is 2.46. The van der Waals surface area contributed by atoms with Crippen molar-refractivity contribution in [2.45, 2.75) is 53.1 Å². The number of hydrogen-bond acceptors (Lipinski definition) is 3. The molecule has 0 heterocycles. The number of amides is 1. The van der Waals surface area contributed by atoms with Crippen LogP contribution in [0.25, 0.3) is 0 Å². The number of anilines is 1. The maximum Gasteiger partial charge on any atom is 0.265 e. The number of carbonyl (C=O) groups is 1. The van der Waals surface area contributed by atoms with Gasteiger partial charge in [0, 0.05) is 11.8 Å². The standard InChI is InChI=1S/C23H31NO3/c1-16(2)15-26-21-9-7-8-19(14-21)24-22(25)17(3)27-20-12-10-18(11-13-20)23(4,5)6/h7-14,16-17H,15H2,1-6H3,(H,24,25). The van der Waals surface area contributed by atoms with Crippen molar-refractivity contribution in [3.63, 3.8) is 0 Å². The lowest BCUT2D eigenvalue weighted by Gasteiger charge is -2.20. The van der Waals surface area contributed by atoms with Crippen LogP contribution in [0.4, 0.5) is 5.69 Å². The highest BCUT2D eigenvalue weighted by atomic mass is 16.5. The third kappa shape index (κ3) is 6.63. The summed E-state index contributed by atoms with van der Waals surface area (Å²) < 4.78 is 11.5. The normalized spacial score (nSPS) is 12.6. The van der Waals surface area contributed by atoms with E-state index in [1.165, 1.54) is 5.56 Å². The summed E-state index contributed by atoms with van der Waals surface area (Å²) in [6, 6.07) is 15.3. The van der Waals surface area contributed by atoms with Gasteiger partial charge in [-0.15, -0.1) is 0 Å². The van der Waals surface area contributed by atoms with E-state index in [9.17, 15) is 4.79 Å². The Labute approximate surface area is 162 Å². The van der Waals surface area contributed by atoms with Crippen LogP contribution in [0.2, 0.25) is 0 Å². The van der Waals surface area contributed by atoms with Gasteiger partial charge in [0.1, 0.15) is 11.5 Å². The molecule has 0 aliphatic heterocycles. The van der Waals surface area contributed by atoms with Crippen molar-refractivity contribution in [1.82, 2.24) is 0 Å². The maximum absolute atomic E-state index is 12.4. The van der Waals surface area contributed by atoms with Crippen LogP contribution in [0.15, 0.2) is 48.5 Å². The Morgan fingerprint density at radius 1 is 1.00 bits per heavy atom. The van der Waals surface area contributed by atoms with E-state index < -0.39 is 6.10 Å². The molecule has 1 atom stereocenters. The Kier molecular flexibility index (Phi) is 6.89. The van der Waals surface area contributed by atoms with Crippen molar-refractivity contribution in [2.24, 2.45) is 5.92 Å². The smallest absolute Gasteiger partial charge is 0.265 e. The summed E-state index contributed by atoms with van der Waals surface area (Å²) in [5.74, 6) is 1.67. The van der Waals surface area contributed by atoms with Gasteiger partial charge in [-0.05, 0) is 48.1 Å². The van der Waals surface area contributed by atoms with E-state index in [0.717, 1.165) is 5.75 Å². The largest absolute Gasteiger partial charge is 0.493 e. The van der Waals surface area contributed by atoms with Crippen molar-refractivity contribution in [1.29, 1.82) is 0 Å². The summed E-state index contributed by atoms with van der Waals surface area (Å²) in [5, 5.41) is 2.88. The second-order valence-electron chi connectivity index (χ2n) is 8.26. The number of nitrogens with one attached hydrogen (secondary N) is 1. The minimum Gasteiger partial charge on any atom is -0.493 e. The van der Waals surface area contributed by atoms with Crippen molar-refractivity contribution in [3.05, 3.63) is 54.1 Å². The molecule has 0 aliphatic carbocycles. The molecule has 27 heavy (non-hydrogen) atoms. The average molecular weight is 370 g/mol. The lowest BCUT2D eigenvalue weighted by Crippen LogP contribution is -2.30. The molecule has 0 aromatic heterocycles. The fraction of sp³-hybridized carbons (Fsp3) is 0.435. The molecule has 0 bridgehead atoms. The minimum atomic E-state index is -0.606. The molecule has 2 rings (SSSR count). The van der Waals surface area contributed by atoms with E-state index in [1.807, 2.05) is 48.5 Å². The van der Waals surface area contributed by atoms with Crippen LogP contribution in [0.1, 0.15) is 47.1 Å². The van der Waals surface area contributed by atoms with E-state index in [2.05, 4.69) is 39.9 Å². The Balaban J connectivity index is 1.94. The molecule has 0 radical (unpaired) electrons. The molecule has 1 amide bonds. The van der Waals surface area contributed by atoms with Crippen LogP contribution in [0.3, 0.4) is 0 Å². The van der Waals surface area contributed by atoms with Gasteiger partial charge in [-0.3, -0.25) is 4.79 Å². The number of carbonyl (C=O) groups excluding carboxylic acids is 1. The summed E-state index contributed by atoms with van der Waals surface area (Å²) >= 11 is 0. The first-order valence-electron chi connectivity index (χ1n) is 9.46. The highest BCUT2D eigenvalue weighted by Gasteiger charge is 2.17. The molecule has 0 spiro atoms. The van der Waals surface area contributed by atoms with Gasteiger partial charge in [0.25, 0.3) is 5.91 Å². The van der Waals surface area contributed by atoms with Gasteiger partial charge >= 0.3 is 0 Å². The predicted molar refractivity (Wildman–Crippen MR) is 111 cm³/mol. The molecule has 0 fully saturated rings. The van der Waals surface area contributed by atoms with Gasteiger partial charge in [0.2, 0.25) is 0 Å². The number of hydrogen-bond donors (Lipinski definition) is 1. The topological polar surface area (TPSA) is 47.6 Å². The zero-order valence-corrected chi connectivity index (χ0v) is 17.2. The Morgan fingerprint density at radius 3 is 2.26 bits per heavy atom. The van der Waals surface area contributed by atoms with Crippen LogP contribution in [0, 0.1) is 5.92 Å². The first kappa shape index (κ1) is 20.8. The molecule has 0 aliphatic rings. The van der Waals surface area contributed by atoms with E-state index in [4.69, 9.17) is 9.47 Å². The molecule has 4 nitrogen and oxygen atoms in total. The van der Waals surface area contributed by atoms with E-state index in [1.54, 1.807) is 6.92 Å². The van der Waals surface area contributed by atoms with Gasteiger partial charge < -0.3 is 14.8 Å². The summed E-state index contributed by atoms with van der Waals surface area (Å²) in [7, 11) is 0. The zero-order chi connectivity index (χ0) is 20.0. The quantitative estimate of drug-likeness (QED) is 0.708. The highest BCUT2D eigenvalue weighted by molar-refractivity contribution is 5.94. The van der Waals surface area contributed by atoms with Gasteiger partial charge in [0.15, 0.2) is 6.10 Å². The van der Waals surface area contributed by atoms with E-state index in [-0.39, 0.29) is 11.3 Å². The molecule has 4 heteroatoms. The third-order valence-electron chi connectivity index (χ3n) is 4.09. The van der Waals surface area contributed by atoms with E-state index >= 15 is 0 Å². The molecule has 0 saturated carbocycles. The highest BCUT2D eigenvalue weighted by Crippen LogP contribution is 2.25. The lowest BCUT2D eigenvalue weighted by atomic mass is 9.87. The second-order valence-corrected chi connectivity index (χ2v) is 8.26. The molecule has 0 saturated heterocycles.